The number of hydrogen-bond acceptors (Lipinski definition) is 2. The third kappa shape index (κ3) is 5.50. The zero-order valence-corrected chi connectivity index (χ0v) is 12.0. The van der Waals surface area contributed by atoms with Crippen LogP contribution in [0.25, 0.3) is 0 Å². The first kappa shape index (κ1) is 14.4. The second kappa shape index (κ2) is 7.66. The fourth-order valence-electron chi connectivity index (χ4n) is 1.42. The number of benzene rings is 1. The number of ether oxygens (including phenoxy) is 1. The van der Waals surface area contributed by atoms with Gasteiger partial charge in [-0.15, -0.1) is 0 Å². The number of unbranched alkanes of at least 4 members (excludes halogenated alkanes) is 1. The van der Waals surface area contributed by atoms with E-state index in [0.29, 0.717) is 13.0 Å². The molecule has 0 bridgehead atoms. The van der Waals surface area contributed by atoms with Gasteiger partial charge in [-0.05, 0) is 46.7 Å². The maximum atomic E-state index is 11.0. The summed E-state index contributed by atoms with van der Waals surface area (Å²) in [6, 6.07) is 7.84. The average Bonchev–Trinajstić information content (AvgIpc) is 2.30. The topological polar surface area (TPSA) is 46.5 Å². The van der Waals surface area contributed by atoms with Gasteiger partial charge in [-0.3, -0.25) is 0 Å². The van der Waals surface area contributed by atoms with Crippen molar-refractivity contribution in [2.45, 2.75) is 32.3 Å². The van der Waals surface area contributed by atoms with Gasteiger partial charge < -0.3 is 9.84 Å². The molecule has 1 atom stereocenters. The minimum Gasteiger partial charge on any atom is -0.479 e. The number of carboxylic acids is 1. The van der Waals surface area contributed by atoms with Crippen LogP contribution in [0.4, 0.5) is 0 Å². The molecular weight excluding hydrogens is 331 g/mol. The Labute approximate surface area is 115 Å². The van der Waals surface area contributed by atoms with E-state index >= 15 is 0 Å². The first-order valence-corrected chi connectivity index (χ1v) is 6.80. The summed E-state index contributed by atoms with van der Waals surface area (Å²) in [6.07, 6.45) is 1.60. The van der Waals surface area contributed by atoms with E-state index in [1.54, 1.807) is 0 Å². The normalized spacial score (nSPS) is 12.4. The maximum Gasteiger partial charge on any atom is 0.333 e. The number of aliphatic carboxylic acids is 1. The molecule has 3 nitrogen and oxygen atoms in total. The van der Waals surface area contributed by atoms with Gasteiger partial charge in [-0.25, -0.2) is 4.79 Å². The van der Waals surface area contributed by atoms with Crippen molar-refractivity contribution >= 4 is 28.6 Å². The molecule has 94 valence electrons. The van der Waals surface area contributed by atoms with Crippen LogP contribution in [0.5, 0.6) is 0 Å². The van der Waals surface area contributed by atoms with Crippen LogP contribution in [0, 0.1) is 3.57 Å². The molecule has 0 spiro atoms. The molecule has 1 aromatic rings. The van der Waals surface area contributed by atoms with Crippen molar-refractivity contribution in [2.24, 2.45) is 0 Å². The molecule has 0 amide bonds. The van der Waals surface area contributed by atoms with E-state index in [2.05, 4.69) is 29.5 Å². The Balaban J connectivity index is 2.54. The molecule has 0 unspecified atom stereocenters. The summed E-state index contributed by atoms with van der Waals surface area (Å²) in [5, 5.41) is 9.06. The molecule has 0 fully saturated rings. The Morgan fingerprint density at radius 2 is 2.06 bits per heavy atom. The molecule has 1 rings (SSSR count). The molecule has 0 heterocycles. The molecule has 0 aliphatic heterocycles. The van der Waals surface area contributed by atoms with E-state index in [4.69, 9.17) is 9.84 Å². The van der Waals surface area contributed by atoms with Gasteiger partial charge in [0.1, 0.15) is 0 Å². The second-order valence-corrected chi connectivity index (χ2v) is 5.13. The summed E-state index contributed by atoms with van der Waals surface area (Å²) in [5.41, 5.74) is 0.995. The Hall–Kier alpha value is -0.620. The minimum atomic E-state index is -0.889. The number of carboxylic acid groups (broad SMARTS) is 1. The summed E-state index contributed by atoms with van der Waals surface area (Å²) in [4.78, 5) is 11.0. The van der Waals surface area contributed by atoms with Crippen LogP contribution < -0.4 is 0 Å². The molecule has 0 aromatic heterocycles. The molecule has 1 aromatic carbocycles. The minimum absolute atomic E-state index is 0.427. The zero-order chi connectivity index (χ0) is 12.7. The van der Waals surface area contributed by atoms with Crippen LogP contribution in [-0.4, -0.2) is 23.8 Å². The number of hydrogen-bond donors (Lipinski definition) is 1. The van der Waals surface area contributed by atoms with Gasteiger partial charge in [0.2, 0.25) is 0 Å². The van der Waals surface area contributed by atoms with Gasteiger partial charge in [0.15, 0.2) is 6.10 Å². The Morgan fingerprint density at radius 3 is 2.59 bits per heavy atom. The van der Waals surface area contributed by atoms with Gasteiger partial charge in [-0.2, -0.15) is 0 Å². The van der Waals surface area contributed by atoms with Crippen molar-refractivity contribution < 1.29 is 14.6 Å². The van der Waals surface area contributed by atoms with E-state index in [-0.39, 0.29) is 0 Å². The maximum absolute atomic E-state index is 11.0. The third-order valence-electron chi connectivity index (χ3n) is 2.43. The monoisotopic (exact) mass is 348 g/mol. The van der Waals surface area contributed by atoms with Crippen molar-refractivity contribution in [2.75, 3.05) is 6.61 Å². The first-order chi connectivity index (χ1) is 8.13. The predicted molar refractivity (Wildman–Crippen MR) is 75.1 cm³/mol. The Morgan fingerprint density at radius 1 is 1.41 bits per heavy atom. The summed E-state index contributed by atoms with van der Waals surface area (Å²) in [5.74, 6) is -0.889. The number of carbonyl (C=O) groups is 1. The molecule has 1 N–H and O–H groups in total. The van der Waals surface area contributed by atoms with E-state index < -0.39 is 12.1 Å². The Kier molecular flexibility index (Phi) is 6.50. The van der Waals surface area contributed by atoms with E-state index in [0.717, 1.165) is 22.0 Å². The molecular formula is C13H17IO3. The molecule has 4 heteroatoms. The van der Waals surface area contributed by atoms with Crippen molar-refractivity contribution in [3.05, 3.63) is 33.4 Å². The molecule has 17 heavy (non-hydrogen) atoms. The van der Waals surface area contributed by atoms with Gasteiger partial charge in [0.25, 0.3) is 0 Å². The quantitative estimate of drug-likeness (QED) is 0.608. The van der Waals surface area contributed by atoms with E-state index in [1.165, 1.54) is 0 Å². The van der Waals surface area contributed by atoms with Gasteiger partial charge >= 0.3 is 5.97 Å². The fraction of sp³-hybridized carbons (Fsp3) is 0.462. The summed E-state index contributed by atoms with van der Waals surface area (Å²) < 4.78 is 6.52. The first-order valence-electron chi connectivity index (χ1n) is 5.72. The van der Waals surface area contributed by atoms with Crippen LogP contribution in [-0.2, 0) is 16.0 Å². The van der Waals surface area contributed by atoms with Crippen molar-refractivity contribution in [1.29, 1.82) is 0 Å². The van der Waals surface area contributed by atoms with Crippen LogP contribution in [0.3, 0.4) is 0 Å². The third-order valence-corrected chi connectivity index (χ3v) is 3.15. The fourth-order valence-corrected chi connectivity index (χ4v) is 1.78. The lowest BCUT2D eigenvalue weighted by Gasteiger charge is -2.13. The van der Waals surface area contributed by atoms with Crippen LogP contribution in [0.15, 0.2) is 24.3 Å². The smallest absolute Gasteiger partial charge is 0.333 e. The van der Waals surface area contributed by atoms with Crippen molar-refractivity contribution in [1.82, 2.24) is 0 Å². The zero-order valence-electron chi connectivity index (χ0n) is 9.86. The molecule has 0 saturated carbocycles. The van der Waals surface area contributed by atoms with Crippen molar-refractivity contribution in [3.8, 4) is 0 Å². The van der Waals surface area contributed by atoms with E-state index in [9.17, 15) is 4.79 Å². The van der Waals surface area contributed by atoms with Gasteiger partial charge in [0, 0.05) is 16.6 Å². The highest BCUT2D eigenvalue weighted by Crippen LogP contribution is 2.11. The summed E-state index contributed by atoms with van der Waals surface area (Å²) in [6.45, 7) is 2.57. The average molecular weight is 348 g/mol. The van der Waals surface area contributed by atoms with Gasteiger partial charge in [-0.1, -0.05) is 25.5 Å². The highest BCUT2D eigenvalue weighted by atomic mass is 127. The number of halogens is 1. The van der Waals surface area contributed by atoms with Crippen LogP contribution in [0.1, 0.15) is 25.3 Å². The standard InChI is InChI=1S/C13H17IO3/c1-2-3-8-17-12(13(15)16)9-10-4-6-11(14)7-5-10/h4-7,12H,2-3,8-9H2,1H3,(H,15,16)/t12-/m1/s1. The number of rotatable bonds is 7. The highest BCUT2D eigenvalue weighted by Gasteiger charge is 2.18. The molecule has 0 radical (unpaired) electrons. The largest absolute Gasteiger partial charge is 0.479 e. The predicted octanol–water partition coefficient (Wildman–Crippen LogP) is 3.10. The lowest BCUT2D eigenvalue weighted by Crippen LogP contribution is -2.26. The van der Waals surface area contributed by atoms with E-state index in [1.807, 2.05) is 24.3 Å². The van der Waals surface area contributed by atoms with Crippen LogP contribution in [0.2, 0.25) is 0 Å². The molecule has 0 aliphatic carbocycles. The lowest BCUT2D eigenvalue weighted by molar-refractivity contribution is -0.150. The lowest BCUT2D eigenvalue weighted by atomic mass is 10.1. The second-order valence-electron chi connectivity index (χ2n) is 3.88. The molecule has 0 saturated heterocycles. The highest BCUT2D eigenvalue weighted by molar-refractivity contribution is 14.1. The SMILES string of the molecule is CCCCO[C@H](Cc1ccc(I)cc1)C(=O)O. The van der Waals surface area contributed by atoms with Crippen LogP contribution >= 0.6 is 22.6 Å². The molecule has 0 aliphatic rings. The summed E-state index contributed by atoms with van der Waals surface area (Å²) in [7, 11) is 0. The van der Waals surface area contributed by atoms with Crippen molar-refractivity contribution in [3.63, 3.8) is 0 Å². The summed E-state index contributed by atoms with van der Waals surface area (Å²) >= 11 is 2.22. The Bertz CT molecular complexity index is 348. The van der Waals surface area contributed by atoms with Gasteiger partial charge in [0.05, 0.1) is 0 Å².